The molecule has 4 nitrogen and oxygen atoms in total. The van der Waals surface area contributed by atoms with Crippen molar-refractivity contribution in [1.82, 2.24) is 0 Å². The van der Waals surface area contributed by atoms with E-state index in [1.165, 1.54) is 12.5 Å². The summed E-state index contributed by atoms with van der Waals surface area (Å²) in [5.41, 5.74) is -0.350. The standard InChI is InChI=1S/C22H30F2O4/c23-18-16(25)9-10-17(19(18)24)28-20(15-7-3-1-4-8-15)22(11-5-2-6-12-22)21-26-13-14-27-21/h9-10,15,20-21,25H,1-8,11-14H2. The molecule has 1 aromatic carbocycles. The quantitative estimate of drug-likeness (QED) is 0.732. The van der Waals surface area contributed by atoms with Gasteiger partial charge in [0.25, 0.3) is 0 Å². The van der Waals surface area contributed by atoms with E-state index in [9.17, 15) is 13.9 Å². The van der Waals surface area contributed by atoms with Crippen LogP contribution >= 0.6 is 0 Å². The summed E-state index contributed by atoms with van der Waals surface area (Å²) in [5, 5.41) is 9.47. The van der Waals surface area contributed by atoms with Crippen molar-refractivity contribution in [1.29, 1.82) is 0 Å². The van der Waals surface area contributed by atoms with Crippen molar-refractivity contribution in [2.45, 2.75) is 76.6 Å². The maximum Gasteiger partial charge on any atom is 0.204 e. The number of rotatable bonds is 5. The van der Waals surface area contributed by atoms with E-state index in [0.717, 1.165) is 63.9 Å². The van der Waals surface area contributed by atoms with Gasteiger partial charge in [-0.1, -0.05) is 38.5 Å². The average molecular weight is 396 g/mol. The third kappa shape index (κ3) is 3.73. The summed E-state index contributed by atoms with van der Waals surface area (Å²) in [7, 11) is 0. The van der Waals surface area contributed by atoms with Gasteiger partial charge in [0.05, 0.1) is 18.6 Å². The molecule has 156 valence electrons. The molecule has 0 radical (unpaired) electrons. The van der Waals surface area contributed by atoms with Crippen LogP contribution in [0.15, 0.2) is 12.1 Å². The van der Waals surface area contributed by atoms with E-state index in [2.05, 4.69) is 0 Å². The molecule has 3 aliphatic rings. The maximum absolute atomic E-state index is 14.5. The number of benzene rings is 1. The van der Waals surface area contributed by atoms with Crippen LogP contribution in [-0.4, -0.2) is 30.7 Å². The SMILES string of the molecule is Oc1ccc(OC(C2CCCCC2)C2(C3OCCO3)CCCCC2)c(F)c1F. The number of phenolic OH excluding ortho intramolecular Hbond substituents is 1. The normalized spacial score (nSPS) is 24.9. The Kier molecular flexibility index (Phi) is 6.07. The van der Waals surface area contributed by atoms with E-state index in [-0.39, 0.29) is 29.5 Å². The second-order valence-electron chi connectivity index (χ2n) is 8.51. The molecule has 1 saturated heterocycles. The smallest absolute Gasteiger partial charge is 0.204 e. The third-order valence-corrected chi connectivity index (χ3v) is 6.80. The largest absolute Gasteiger partial charge is 0.505 e. The van der Waals surface area contributed by atoms with Crippen LogP contribution in [0.4, 0.5) is 8.78 Å². The predicted octanol–water partition coefficient (Wildman–Crippen LogP) is 5.32. The number of ether oxygens (including phenoxy) is 3. The van der Waals surface area contributed by atoms with Crippen LogP contribution in [0.5, 0.6) is 11.5 Å². The lowest BCUT2D eigenvalue weighted by Crippen LogP contribution is -2.53. The molecular weight excluding hydrogens is 366 g/mol. The van der Waals surface area contributed by atoms with Crippen LogP contribution in [0.3, 0.4) is 0 Å². The summed E-state index contributed by atoms with van der Waals surface area (Å²) in [6, 6.07) is 2.48. The lowest BCUT2D eigenvalue weighted by molar-refractivity contribution is -0.195. The molecule has 1 N–H and O–H groups in total. The molecule has 0 bridgehead atoms. The van der Waals surface area contributed by atoms with Crippen molar-refractivity contribution in [2.75, 3.05) is 13.2 Å². The first-order valence-electron chi connectivity index (χ1n) is 10.7. The molecule has 2 aliphatic carbocycles. The fourth-order valence-electron chi connectivity index (χ4n) is 5.42. The third-order valence-electron chi connectivity index (χ3n) is 6.80. The first kappa shape index (κ1) is 19.9. The van der Waals surface area contributed by atoms with Crippen LogP contribution < -0.4 is 4.74 Å². The molecule has 4 rings (SSSR count). The molecule has 1 heterocycles. The number of halogens is 2. The number of hydrogen-bond acceptors (Lipinski definition) is 4. The van der Waals surface area contributed by atoms with Gasteiger partial charge in [-0.3, -0.25) is 0 Å². The van der Waals surface area contributed by atoms with Gasteiger partial charge in [0.2, 0.25) is 11.6 Å². The molecule has 3 fully saturated rings. The van der Waals surface area contributed by atoms with Crippen molar-refractivity contribution in [3.63, 3.8) is 0 Å². The van der Waals surface area contributed by atoms with Gasteiger partial charge in [-0.2, -0.15) is 8.78 Å². The number of hydrogen-bond donors (Lipinski definition) is 1. The molecule has 1 aromatic rings. The lowest BCUT2D eigenvalue weighted by Gasteiger charge is -2.49. The molecule has 2 saturated carbocycles. The predicted molar refractivity (Wildman–Crippen MR) is 100 cm³/mol. The summed E-state index contributed by atoms with van der Waals surface area (Å²) < 4.78 is 46.7. The summed E-state index contributed by atoms with van der Waals surface area (Å²) in [4.78, 5) is 0. The van der Waals surface area contributed by atoms with Gasteiger partial charge in [0, 0.05) is 0 Å². The second-order valence-corrected chi connectivity index (χ2v) is 8.51. The Balaban J connectivity index is 1.70. The average Bonchev–Trinajstić information content (AvgIpc) is 3.28. The molecule has 1 atom stereocenters. The molecule has 1 aliphatic heterocycles. The minimum absolute atomic E-state index is 0.131. The molecule has 0 aromatic heterocycles. The fraction of sp³-hybridized carbons (Fsp3) is 0.727. The zero-order valence-corrected chi connectivity index (χ0v) is 16.3. The van der Waals surface area contributed by atoms with Gasteiger partial charge in [0.1, 0.15) is 6.10 Å². The van der Waals surface area contributed by atoms with E-state index < -0.39 is 17.4 Å². The van der Waals surface area contributed by atoms with E-state index in [1.807, 2.05) is 0 Å². The monoisotopic (exact) mass is 396 g/mol. The van der Waals surface area contributed by atoms with E-state index in [0.29, 0.717) is 13.2 Å². The summed E-state index contributed by atoms with van der Waals surface area (Å²) >= 11 is 0. The number of phenols is 1. The molecule has 28 heavy (non-hydrogen) atoms. The van der Waals surface area contributed by atoms with Crippen molar-refractivity contribution >= 4 is 0 Å². The Morgan fingerprint density at radius 2 is 1.57 bits per heavy atom. The van der Waals surface area contributed by atoms with E-state index in [4.69, 9.17) is 14.2 Å². The minimum atomic E-state index is -1.26. The van der Waals surface area contributed by atoms with Gasteiger partial charge in [-0.15, -0.1) is 0 Å². The highest BCUT2D eigenvalue weighted by atomic mass is 19.2. The van der Waals surface area contributed by atoms with Gasteiger partial charge in [-0.05, 0) is 43.7 Å². The molecule has 0 spiro atoms. The Hall–Kier alpha value is -1.40. The molecule has 6 heteroatoms. The van der Waals surface area contributed by atoms with Crippen molar-refractivity contribution in [3.05, 3.63) is 23.8 Å². The highest BCUT2D eigenvalue weighted by Gasteiger charge is 2.53. The summed E-state index contributed by atoms with van der Waals surface area (Å²) in [6.07, 6.45) is 9.91. The maximum atomic E-state index is 14.5. The number of aromatic hydroxyl groups is 1. The summed E-state index contributed by atoms with van der Waals surface area (Å²) in [6.45, 7) is 1.12. The fourth-order valence-corrected chi connectivity index (χ4v) is 5.42. The van der Waals surface area contributed by atoms with Gasteiger partial charge in [-0.25, -0.2) is 0 Å². The van der Waals surface area contributed by atoms with Crippen LogP contribution in [0.25, 0.3) is 0 Å². The molecule has 0 amide bonds. The van der Waals surface area contributed by atoms with Crippen LogP contribution in [-0.2, 0) is 9.47 Å². The highest BCUT2D eigenvalue weighted by molar-refractivity contribution is 5.34. The zero-order chi connectivity index (χ0) is 19.6. The first-order chi connectivity index (χ1) is 13.6. The van der Waals surface area contributed by atoms with E-state index in [1.54, 1.807) is 0 Å². The zero-order valence-electron chi connectivity index (χ0n) is 16.3. The molecule has 1 unspecified atom stereocenters. The van der Waals surface area contributed by atoms with Crippen LogP contribution in [0.2, 0.25) is 0 Å². The van der Waals surface area contributed by atoms with Crippen molar-refractivity contribution in [3.8, 4) is 11.5 Å². The van der Waals surface area contributed by atoms with Crippen molar-refractivity contribution < 1.29 is 28.1 Å². The minimum Gasteiger partial charge on any atom is -0.505 e. The van der Waals surface area contributed by atoms with Crippen LogP contribution in [0.1, 0.15) is 64.2 Å². The topological polar surface area (TPSA) is 47.9 Å². The first-order valence-corrected chi connectivity index (χ1v) is 10.7. The van der Waals surface area contributed by atoms with Crippen LogP contribution in [0, 0.1) is 23.0 Å². The Morgan fingerprint density at radius 1 is 0.929 bits per heavy atom. The lowest BCUT2D eigenvalue weighted by atomic mass is 9.64. The Bertz CT molecular complexity index is 663. The Morgan fingerprint density at radius 3 is 2.25 bits per heavy atom. The second kappa shape index (κ2) is 8.54. The van der Waals surface area contributed by atoms with Gasteiger partial charge in [0.15, 0.2) is 17.8 Å². The van der Waals surface area contributed by atoms with E-state index >= 15 is 0 Å². The van der Waals surface area contributed by atoms with Crippen molar-refractivity contribution in [2.24, 2.45) is 11.3 Å². The Labute approximate surface area is 165 Å². The van der Waals surface area contributed by atoms with Gasteiger partial charge >= 0.3 is 0 Å². The van der Waals surface area contributed by atoms with Gasteiger partial charge < -0.3 is 19.3 Å². The molecular formula is C22H30F2O4. The highest BCUT2D eigenvalue weighted by Crippen LogP contribution is 2.50. The summed E-state index contributed by atoms with van der Waals surface area (Å²) in [5.74, 6) is -2.95.